The first-order valence-corrected chi connectivity index (χ1v) is 13.7. The van der Waals surface area contributed by atoms with Crippen LogP contribution in [0.1, 0.15) is 86.8 Å². The number of carbonyl (C=O) groups is 2. The minimum atomic E-state index is -1.23. The number of carbonyl (C=O) groups excluding carboxylic acids is 1. The Bertz CT molecular complexity index is 1510. The molecule has 9 heteroatoms. The number of alkyl carbamates (subject to hydrolysis) is 1. The summed E-state index contributed by atoms with van der Waals surface area (Å²) in [5.41, 5.74) is 1.18. The van der Waals surface area contributed by atoms with Gasteiger partial charge in [-0.15, -0.1) is 11.3 Å². The molecule has 1 fully saturated rings. The van der Waals surface area contributed by atoms with Gasteiger partial charge in [-0.3, -0.25) is 4.79 Å². The molecule has 0 bridgehead atoms. The lowest BCUT2D eigenvalue weighted by Crippen LogP contribution is -2.38. The molecule has 1 aromatic carbocycles. The molecular formula is C29H34N2O6S. The molecule has 2 heterocycles. The molecule has 0 saturated heterocycles. The zero-order valence-corrected chi connectivity index (χ0v) is 23.5. The Balaban J connectivity index is 1.63. The van der Waals surface area contributed by atoms with Crippen molar-refractivity contribution in [2.24, 2.45) is 5.41 Å². The van der Waals surface area contributed by atoms with Crippen LogP contribution in [0.5, 0.6) is 5.75 Å². The van der Waals surface area contributed by atoms with E-state index in [1.165, 1.54) is 11.1 Å². The van der Waals surface area contributed by atoms with Crippen molar-refractivity contribution < 1.29 is 24.2 Å². The maximum Gasteiger partial charge on any atom is 0.408 e. The van der Waals surface area contributed by atoms with E-state index in [-0.39, 0.29) is 23.1 Å². The van der Waals surface area contributed by atoms with Crippen molar-refractivity contribution in [2.75, 3.05) is 7.11 Å². The van der Waals surface area contributed by atoms with Gasteiger partial charge in [0.05, 0.1) is 24.1 Å². The second-order valence-corrected chi connectivity index (χ2v) is 13.2. The predicted molar refractivity (Wildman–Crippen MR) is 148 cm³/mol. The van der Waals surface area contributed by atoms with E-state index in [9.17, 15) is 19.5 Å². The molecule has 1 unspecified atom stereocenters. The zero-order chi connectivity index (χ0) is 27.6. The lowest BCUT2D eigenvalue weighted by Gasteiger charge is -2.35. The van der Waals surface area contributed by atoms with Crippen LogP contribution in [0.25, 0.3) is 21.3 Å². The summed E-state index contributed by atoms with van der Waals surface area (Å²) in [5, 5.41) is 13.0. The average Bonchev–Trinajstić information content (AvgIpc) is 3.55. The molecular weight excluding hydrogens is 504 g/mol. The number of pyridine rings is 1. The van der Waals surface area contributed by atoms with Gasteiger partial charge in [0.2, 0.25) is 5.43 Å². The molecule has 1 amide bonds. The van der Waals surface area contributed by atoms with Crippen LogP contribution in [0.3, 0.4) is 0 Å². The molecule has 3 aromatic rings. The fraction of sp³-hybridized carbons (Fsp3) is 0.483. The molecule has 1 saturated carbocycles. The molecule has 8 nitrogen and oxygen atoms in total. The van der Waals surface area contributed by atoms with E-state index >= 15 is 0 Å². The quantitative estimate of drug-likeness (QED) is 0.394. The number of hydrogen-bond acceptors (Lipinski definition) is 6. The Hall–Kier alpha value is -3.33. The number of fused-ring (bicyclic) bond motifs is 2. The second-order valence-electron chi connectivity index (χ2n) is 12.1. The number of benzene rings is 1. The van der Waals surface area contributed by atoms with Crippen LogP contribution in [0.15, 0.2) is 29.2 Å². The first-order valence-electron chi connectivity index (χ1n) is 12.9. The zero-order valence-electron chi connectivity index (χ0n) is 22.6. The van der Waals surface area contributed by atoms with Crippen LogP contribution in [-0.2, 0) is 11.2 Å². The van der Waals surface area contributed by atoms with Crippen molar-refractivity contribution in [3.05, 3.63) is 50.6 Å². The SMILES string of the molecule is COc1c(-c2cc3c(s2)CC(C)(C)CC3NC(=O)OC(C)(C)C)ccc2c(=O)c(C(=O)O)cn(C3CC3)c12. The Kier molecular flexibility index (Phi) is 6.33. The fourth-order valence-corrected chi connectivity index (χ4v) is 6.87. The first-order chi connectivity index (χ1) is 17.8. The van der Waals surface area contributed by atoms with Gasteiger partial charge < -0.3 is 24.5 Å². The van der Waals surface area contributed by atoms with Crippen molar-refractivity contribution in [2.45, 2.75) is 78.0 Å². The number of hydrogen-bond donors (Lipinski definition) is 2. The van der Waals surface area contributed by atoms with Crippen molar-refractivity contribution >= 4 is 34.3 Å². The third-order valence-corrected chi connectivity index (χ3v) is 8.28. The van der Waals surface area contributed by atoms with E-state index in [1.54, 1.807) is 24.5 Å². The molecule has 0 aliphatic heterocycles. The van der Waals surface area contributed by atoms with Crippen LogP contribution in [-0.4, -0.2) is 34.4 Å². The normalized spacial score (nSPS) is 18.6. The number of thiophene rings is 1. The molecule has 0 spiro atoms. The first kappa shape index (κ1) is 26.3. The number of nitrogens with one attached hydrogen (secondary N) is 1. The van der Waals surface area contributed by atoms with E-state index in [2.05, 4.69) is 25.2 Å². The Morgan fingerprint density at radius 3 is 2.53 bits per heavy atom. The van der Waals surface area contributed by atoms with Gasteiger partial charge in [-0.25, -0.2) is 9.59 Å². The van der Waals surface area contributed by atoms with Crippen molar-refractivity contribution in [1.82, 2.24) is 9.88 Å². The van der Waals surface area contributed by atoms with Crippen LogP contribution >= 0.6 is 11.3 Å². The molecule has 38 heavy (non-hydrogen) atoms. The number of aromatic nitrogens is 1. The molecule has 2 aromatic heterocycles. The summed E-state index contributed by atoms with van der Waals surface area (Å²) in [6.07, 6.45) is 4.52. The fourth-order valence-electron chi connectivity index (χ4n) is 5.37. The number of ether oxygens (including phenoxy) is 2. The minimum Gasteiger partial charge on any atom is -0.494 e. The van der Waals surface area contributed by atoms with Crippen molar-refractivity contribution in [3.63, 3.8) is 0 Å². The van der Waals surface area contributed by atoms with E-state index in [4.69, 9.17) is 9.47 Å². The second kappa shape index (κ2) is 9.15. The summed E-state index contributed by atoms with van der Waals surface area (Å²) in [5.74, 6) is -0.677. The molecule has 2 N–H and O–H groups in total. The standard InChI is InChI=1S/C29H34N2O6S/c1-28(2,3)37-27(35)30-20-12-29(4,5)13-22-18(20)11-21(38-22)16-9-10-17-23(25(16)36-6)31(15-7-8-15)14-19(24(17)32)26(33)34/h9-11,14-15,20H,7-8,12-13H2,1-6H3,(H,30,35)(H,33,34). The van der Waals surface area contributed by atoms with Gasteiger partial charge in [0.1, 0.15) is 11.2 Å². The maximum absolute atomic E-state index is 13.1. The van der Waals surface area contributed by atoms with Gasteiger partial charge in [-0.1, -0.05) is 13.8 Å². The Morgan fingerprint density at radius 1 is 1.21 bits per heavy atom. The van der Waals surface area contributed by atoms with E-state index in [0.29, 0.717) is 16.7 Å². The summed E-state index contributed by atoms with van der Waals surface area (Å²) >= 11 is 1.66. The Labute approximate surface area is 225 Å². The van der Waals surface area contributed by atoms with Crippen molar-refractivity contribution in [3.8, 4) is 16.2 Å². The van der Waals surface area contributed by atoms with Gasteiger partial charge >= 0.3 is 12.1 Å². The molecule has 0 radical (unpaired) electrons. The molecule has 1 atom stereocenters. The summed E-state index contributed by atoms with van der Waals surface area (Å²) in [7, 11) is 1.58. The summed E-state index contributed by atoms with van der Waals surface area (Å²) in [4.78, 5) is 39.7. The highest BCUT2D eigenvalue weighted by molar-refractivity contribution is 7.15. The lowest BCUT2D eigenvalue weighted by atomic mass is 9.75. The van der Waals surface area contributed by atoms with Crippen molar-refractivity contribution in [1.29, 1.82) is 0 Å². The highest BCUT2D eigenvalue weighted by Crippen LogP contribution is 2.49. The predicted octanol–water partition coefficient (Wildman–Crippen LogP) is 6.31. The van der Waals surface area contributed by atoms with E-state index in [1.807, 2.05) is 31.4 Å². The van der Waals surface area contributed by atoms with Crippen LogP contribution < -0.4 is 15.5 Å². The number of aromatic carboxylic acids is 1. The number of nitrogens with zero attached hydrogens (tertiary/aromatic N) is 1. The molecule has 2 aliphatic carbocycles. The van der Waals surface area contributed by atoms with Gasteiger partial charge in [-0.2, -0.15) is 0 Å². The summed E-state index contributed by atoms with van der Waals surface area (Å²) in [6.45, 7) is 9.93. The smallest absolute Gasteiger partial charge is 0.408 e. The maximum atomic E-state index is 13.1. The van der Waals surface area contributed by atoms with Gasteiger partial charge in [0.15, 0.2) is 5.75 Å². The third kappa shape index (κ3) is 4.91. The molecule has 2 aliphatic rings. The van der Waals surface area contributed by atoms with Crippen LogP contribution in [0.2, 0.25) is 0 Å². The van der Waals surface area contributed by atoms with Gasteiger partial charge in [-0.05, 0) is 75.6 Å². The van der Waals surface area contributed by atoms with Crippen LogP contribution in [0, 0.1) is 5.41 Å². The van der Waals surface area contributed by atoms with Gasteiger partial charge in [0, 0.05) is 27.6 Å². The van der Waals surface area contributed by atoms with E-state index < -0.39 is 23.1 Å². The monoisotopic (exact) mass is 538 g/mol. The third-order valence-electron chi connectivity index (χ3n) is 7.09. The molecule has 202 valence electrons. The number of carboxylic acids is 1. The highest BCUT2D eigenvalue weighted by atomic mass is 32.1. The minimum absolute atomic E-state index is 0.0119. The highest BCUT2D eigenvalue weighted by Gasteiger charge is 2.36. The largest absolute Gasteiger partial charge is 0.494 e. The number of carboxylic acid groups (broad SMARTS) is 1. The Morgan fingerprint density at radius 2 is 1.92 bits per heavy atom. The number of amides is 1. The number of methoxy groups -OCH3 is 1. The van der Waals surface area contributed by atoms with Gasteiger partial charge in [0.25, 0.3) is 0 Å². The van der Waals surface area contributed by atoms with E-state index in [0.717, 1.165) is 41.7 Å². The average molecular weight is 539 g/mol. The molecule has 5 rings (SSSR count). The number of rotatable bonds is 5. The van der Waals surface area contributed by atoms with Crippen LogP contribution in [0.4, 0.5) is 4.79 Å². The summed E-state index contributed by atoms with van der Waals surface area (Å²) in [6, 6.07) is 5.60. The topological polar surface area (TPSA) is 107 Å². The lowest BCUT2D eigenvalue weighted by molar-refractivity contribution is 0.0485. The summed E-state index contributed by atoms with van der Waals surface area (Å²) < 4.78 is 13.3.